The van der Waals surface area contributed by atoms with Crippen molar-refractivity contribution in [1.82, 2.24) is 10.6 Å². The third-order valence-electron chi connectivity index (χ3n) is 7.35. The molecule has 2 N–H and O–H groups in total. The Bertz CT molecular complexity index is 780. The first-order valence-corrected chi connectivity index (χ1v) is 16.2. The highest BCUT2D eigenvalue weighted by Gasteiger charge is 2.45. The van der Waals surface area contributed by atoms with E-state index in [2.05, 4.69) is 29.7 Å². The molecule has 0 aromatic carbocycles. The van der Waals surface area contributed by atoms with E-state index in [0.29, 0.717) is 13.0 Å². The minimum Gasteiger partial charge on any atom is -0.461 e. The second kappa shape index (κ2) is 20.9. The van der Waals surface area contributed by atoms with Gasteiger partial charge >= 0.3 is 5.97 Å². The number of carbonyl (C=O) groups is 3. The minimum atomic E-state index is -0.833. The number of esters is 1. The van der Waals surface area contributed by atoms with Gasteiger partial charge in [0.25, 0.3) is 0 Å². The SMILES string of the molecule is CCCCCCCC/C=C\CCCCCCCC(=O)NC[C@@H](C)OC(=O)CCNC(=O)C1OC(C)(C)OCC1(C)C. The highest BCUT2D eigenvalue weighted by molar-refractivity contribution is 5.82. The van der Waals surface area contributed by atoms with Gasteiger partial charge in [0.1, 0.15) is 12.2 Å². The van der Waals surface area contributed by atoms with Crippen LogP contribution in [0.15, 0.2) is 12.2 Å². The fraction of sp³-hybridized carbons (Fsp3) is 0.848. The number of hydrogen-bond acceptors (Lipinski definition) is 6. The summed E-state index contributed by atoms with van der Waals surface area (Å²) in [5.74, 6) is -1.54. The van der Waals surface area contributed by atoms with E-state index in [1.54, 1.807) is 20.8 Å². The normalized spacial score (nSPS) is 18.6. The molecule has 0 aromatic rings. The molecule has 1 fully saturated rings. The Labute approximate surface area is 250 Å². The number of carbonyl (C=O) groups excluding carboxylic acids is 3. The summed E-state index contributed by atoms with van der Waals surface area (Å²) in [6.45, 7) is 12.2. The molecule has 0 aliphatic carbocycles. The average Bonchev–Trinajstić information content (AvgIpc) is 2.91. The van der Waals surface area contributed by atoms with Gasteiger partial charge in [0.2, 0.25) is 11.8 Å². The maximum Gasteiger partial charge on any atom is 0.307 e. The predicted octanol–water partition coefficient (Wildman–Crippen LogP) is 6.76. The van der Waals surface area contributed by atoms with Gasteiger partial charge in [-0.05, 0) is 52.9 Å². The van der Waals surface area contributed by atoms with E-state index >= 15 is 0 Å². The van der Waals surface area contributed by atoms with E-state index in [0.717, 1.165) is 25.7 Å². The van der Waals surface area contributed by atoms with Crippen LogP contribution >= 0.6 is 0 Å². The molecule has 0 radical (unpaired) electrons. The van der Waals surface area contributed by atoms with Crippen LogP contribution in [0.2, 0.25) is 0 Å². The molecule has 0 aromatic heterocycles. The first kappa shape index (κ1) is 37.1. The number of allylic oxidation sites excluding steroid dienone is 2. The van der Waals surface area contributed by atoms with Gasteiger partial charge in [-0.2, -0.15) is 0 Å². The molecule has 1 saturated heterocycles. The van der Waals surface area contributed by atoms with E-state index in [9.17, 15) is 14.4 Å². The fourth-order valence-electron chi connectivity index (χ4n) is 4.73. The van der Waals surface area contributed by atoms with E-state index in [1.807, 2.05) is 13.8 Å². The van der Waals surface area contributed by atoms with Crippen LogP contribution in [-0.2, 0) is 28.6 Å². The van der Waals surface area contributed by atoms with E-state index in [1.165, 1.54) is 57.8 Å². The first-order valence-electron chi connectivity index (χ1n) is 16.2. The molecule has 8 heteroatoms. The summed E-state index contributed by atoms with van der Waals surface area (Å²) in [6, 6.07) is 0. The van der Waals surface area contributed by atoms with Crippen LogP contribution in [0.5, 0.6) is 0 Å². The van der Waals surface area contributed by atoms with Crippen LogP contribution in [0.3, 0.4) is 0 Å². The predicted molar refractivity (Wildman–Crippen MR) is 164 cm³/mol. The molecule has 41 heavy (non-hydrogen) atoms. The second-order valence-electron chi connectivity index (χ2n) is 12.7. The molecule has 1 unspecified atom stereocenters. The van der Waals surface area contributed by atoms with Crippen LogP contribution in [-0.4, -0.2) is 55.5 Å². The molecule has 1 rings (SSSR count). The molecule has 2 atom stereocenters. The Morgan fingerprint density at radius 3 is 2.07 bits per heavy atom. The van der Waals surface area contributed by atoms with Crippen molar-refractivity contribution in [3.8, 4) is 0 Å². The Hall–Kier alpha value is -1.93. The quantitative estimate of drug-likeness (QED) is 0.0834. The van der Waals surface area contributed by atoms with Gasteiger partial charge in [-0.15, -0.1) is 0 Å². The summed E-state index contributed by atoms with van der Waals surface area (Å²) < 4.78 is 16.8. The van der Waals surface area contributed by atoms with Crippen molar-refractivity contribution in [2.75, 3.05) is 19.7 Å². The Balaban J connectivity index is 2.02. The van der Waals surface area contributed by atoms with Crippen molar-refractivity contribution >= 4 is 17.8 Å². The maximum atomic E-state index is 12.6. The molecule has 1 aliphatic heterocycles. The largest absolute Gasteiger partial charge is 0.461 e. The molecular weight excluding hydrogens is 520 g/mol. The fourth-order valence-corrected chi connectivity index (χ4v) is 4.73. The topological polar surface area (TPSA) is 103 Å². The van der Waals surface area contributed by atoms with Crippen molar-refractivity contribution in [3.05, 3.63) is 12.2 Å². The van der Waals surface area contributed by atoms with Crippen LogP contribution in [0, 0.1) is 5.41 Å². The van der Waals surface area contributed by atoms with E-state index < -0.39 is 29.4 Å². The first-order chi connectivity index (χ1) is 19.5. The summed E-state index contributed by atoms with van der Waals surface area (Å²) in [5.41, 5.74) is -0.475. The van der Waals surface area contributed by atoms with Gasteiger partial charge < -0.3 is 24.8 Å². The smallest absolute Gasteiger partial charge is 0.307 e. The van der Waals surface area contributed by atoms with Crippen molar-refractivity contribution < 1.29 is 28.6 Å². The van der Waals surface area contributed by atoms with E-state index in [-0.39, 0.29) is 31.3 Å². The summed E-state index contributed by atoms with van der Waals surface area (Å²) in [6.07, 6.45) is 20.1. The summed E-state index contributed by atoms with van der Waals surface area (Å²) in [5, 5.41) is 5.62. The molecule has 0 spiro atoms. The van der Waals surface area contributed by atoms with Crippen LogP contribution in [0.1, 0.15) is 138 Å². The number of rotatable bonds is 22. The Kier molecular flexibility index (Phi) is 18.9. The minimum absolute atomic E-state index is 0.0141. The lowest BCUT2D eigenvalue weighted by atomic mass is 9.85. The monoisotopic (exact) mass is 580 g/mol. The lowest BCUT2D eigenvalue weighted by molar-refractivity contribution is -0.304. The van der Waals surface area contributed by atoms with Crippen LogP contribution in [0.25, 0.3) is 0 Å². The third kappa shape index (κ3) is 18.3. The number of ether oxygens (including phenoxy) is 3. The van der Waals surface area contributed by atoms with Gasteiger partial charge in [0.05, 0.1) is 19.6 Å². The van der Waals surface area contributed by atoms with Gasteiger partial charge in [0.15, 0.2) is 5.79 Å². The van der Waals surface area contributed by atoms with Gasteiger partial charge in [-0.3, -0.25) is 14.4 Å². The van der Waals surface area contributed by atoms with Crippen LogP contribution < -0.4 is 10.6 Å². The number of unbranched alkanes of at least 4 members (excludes halogenated alkanes) is 11. The number of amides is 2. The van der Waals surface area contributed by atoms with Crippen molar-refractivity contribution in [2.45, 2.75) is 156 Å². The molecule has 1 aliphatic rings. The van der Waals surface area contributed by atoms with Crippen LogP contribution in [0.4, 0.5) is 0 Å². The van der Waals surface area contributed by atoms with Crippen molar-refractivity contribution in [3.63, 3.8) is 0 Å². The second-order valence-corrected chi connectivity index (χ2v) is 12.7. The highest BCUT2D eigenvalue weighted by Crippen LogP contribution is 2.34. The van der Waals surface area contributed by atoms with Gasteiger partial charge in [-0.25, -0.2) is 0 Å². The van der Waals surface area contributed by atoms with Crippen molar-refractivity contribution in [2.24, 2.45) is 5.41 Å². The average molecular weight is 581 g/mol. The lowest BCUT2D eigenvalue weighted by Gasteiger charge is -2.44. The molecule has 238 valence electrons. The van der Waals surface area contributed by atoms with Gasteiger partial charge in [-0.1, -0.05) is 84.3 Å². The Morgan fingerprint density at radius 2 is 1.44 bits per heavy atom. The molecule has 0 bridgehead atoms. The van der Waals surface area contributed by atoms with Crippen molar-refractivity contribution in [1.29, 1.82) is 0 Å². The zero-order valence-corrected chi connectivity index (χ0v) is 27.0. The molecular formula is C33H60N2O6. The molecule has 1 heterocycles. The maximum absolute atomic E-state index is 12.6. The summed E-state index contributed by atoms with van der Waals surface area (Å²) in [4.78, 5) is 36.9. The molecule has 0 saturated carbocycles. The highest BCUT2D eigenvalue weighted by atomic mass is 16.7. The third-order valence-corrected chi connectivity index (χ3v) is 7.35. The zero-order chi connectivity index (χ0) is 30.6. The lowest BCUT2D eigenvalue weighted by Crippen LogP contribution is -2.56. The summed E-state index contributed by atoms with van der Waals surface area (Å²) in [7, 11) is 0. The summed E-state index contributed by atoms with van der Waals surface area (Å²) >= 11 is 0. The zero-order valence-electron chi connectivity index (χ0n) is 27.0. The Morgan fingerprint density at radius 1 is 0.854 bits per heavy atom. The molecule has 8 nitrogen and oxygen atoms in total. The van der Waals surface area contributed by atoms with E-state index in [4.69, 9.17) is 14.2 Å². The number of nitrogens with one attached hydrogen (secondary N) is 2. The number of hydrogen-bond donors (Lipinski definition) is 2. The molecule has 2 amide bonds. The van der Waals surface area contributed by atoms with Gasteiger partial charge in [0, 0.05) is 18.4 Å². The standard InChI is InChI=1S/C33H60N2O6/c1-7-8-9-10-11-12-13-14-15-16-17-18-19-20-21-22-28(36)35-25-27(2)40-29(37)23-24-34-31(38)30-32(3,4)26-39-33(5,6)41-30/h14-15,27,30H,7-13,16-26H2,1-6H3,(H,34,38)(H,35,36)/b15-14-/t27-,30?/m1/s1.